The molecule has 5 nitrogen and oxygen atoms in total. The van der Waals surface area contributed by atoms with Crippen LogP contribution in [-0.4, -0.2) is 43.0 Å². The standard InChI is InChI=1S/C14H18N2O3/c1-8(9(2)19-4)15-10-5-6-11-12(7-10)14(18)16(3)13(11)17/h5-9,15H,1-4H3. The van der Waals surface area contributed by atoms with E-state index in [1.807, 2.05) is 19.9 Å². The monoisotopic (exact) mass is 262 g/mol. The van der Waals surface area contributed by atoms with E-state index in [2.05, 4.69) is 5.32 Å². The molecule has 1 N–H and O–H groups in total. The fraction of sp³-hybridized carbons (Fsp3) is 0.429. The first-order chi connectivity index (χ1) is 8.95. The zero-order valence-corrected chi connectivity index (χ0v) is 11.6. The Hall–Kier alpha value is -1.88. The predicted octanol–water partition coefficient (Wildman–Crippen LogP) is 1.75. The van der Waals surface area contributed by atoms with Gasteiger partial charge in [0, 0.05) is 25.9 Å². The molecule has 2 rings (SSSR count). The molecule has 0 radical (unpaired) electrons. The molecule has 5 heteroatoms. The number of fused-ring (bicyclic) bond motifs is 1. The zero-order valence-electron chi connectivity index (χ0n) is 11.6. The van der Waals surface area contributed by atoms with E-state index < -0.39 is 0 Å². The molecule has 19 heavy (non-hydrogen) atoms. The first-order valence-corrected chi connectivity index (χ1v) is 6.21. The number of carbonyl (C=O) groups excluding carboxylic acids is 2. The number of nitrogens with zero attached hydrogens (tertiary/aromatic N) is 1. The molecular formula is C14H18N2O3. The number of carbonyl (C=O) groups is 2. The third kappa shape index (κ3) is 2.33. The largest absolute Gasteiger partial charge is 0.380 e. The lowest BCUT2D eigenvalue weighted by Crippen LogP contribution is -2.29. The Morgan fingerprint density at radius 2 is 1.79 bits per heavy atom. The van der Waals surface area contributed by atoms with Gasteiger partial charge in [-0.3, -0.25) is 14.5 Å². The Bertz CT molecular complexity index is 527. The maximum Gasteiger partial charge on any atom is 0.261 e. The van der Waals surface area contributed by atoms with Crippen LogP contribution in [0, 0.1) is 0 Å². The first-order valence-electron chi connectivity index (χ1n) is 6.21. The maximum atomic E-state index is 11.9. The van der Waals surface area contributed by atoms with Gasteiger partial charge in [-0.2, -0.15) is 0 Å². The summed E-state index contributed by atoms with van der Waals surface area (Å²) < 4.78 is 5.24. The molecular weight excluding hydrogens is 244 g/mol. The van der Waals surface area contributed by atoms with Gasteiger partial charge >= 0.3 is 0 Å². The molecule has 2 unspecified atom stereocenters. The molecule has 2 atom stereocenters. The average Bonchev–Trinajstić information content (AvgIpc) is 2.63. The van der Waals surface area contributed by atoms with Gasteiger partial charge in [0.2, 0.25) is 0 Å². The van der Waals surface area contributed by atoms with Crippen LogP contribution < -0.4 is 5.32 Å². The number of benzene rings is 1. The third-order valence-corrected chi connectivity index (χ3v) is 3.56. The molecule has 0 saturated heterocycles. The second-order valence-corrected chi connectivity index (χ2v) is 4.80. The minimum absolute atomic E-state index is 0.0493. The smallest absolute Gasteiger partial charge is 0.261 e. The van der Waals surface area contributed by atoms with Gasteiger partial charge in [-0.25, -0.2) is 0 Å². The number of nitrogens with one attached hydrogen (secondary N) is 1. The highest BCUT2D eigenvalue weighted by molar-refractivity contribution is 6.21. The van der Waals surface area contributed by atoms with Crippen LogP contribution in [0.15, 0.2) is 18.2 Å². The number of hydrogen-bond donors (Lipinski definition) is 1. The number of rotatable bonds is 4. The van der Waals surface area contributed by atoms with Crippen molar-refractivity contribution in [1.82, 2.24) is 4.90 Å². The Labute approximate surface area is 112 Å². The highest BCUT2D eigenvalue weighted by atomic mass is 16.5. The summed E-state index contributed by atoms with van der Waals surface area (Å²) in [6.45, 7) is 3.97. The average molecular weight is 262 g/mol. The summed E-state index contributed by atoms with van der Waals surface area (Å²) >= 11 is 0. The van der Waals surface area contributed by atoms with E-state index >= 15 is 0 Å². The first kappa shape index (κ1) is 13.5. The highest BCUT2D eigenvalue weighted by Gasteiger charge is 2.32. The van der Waals surface area contributed by atoms with Crippen molar-refractivity contribution in [2.24, 2.45) is 0 Å². The molecule has 0 spiro atoms. The van der Waals surface area contributed by atoms with Crippen LogP contribution in [0.25, 0.3) is 0 Å². The van der Waals surface area contributed by atoms with Gasteiger partial charge in [-0.05, 0) is 32.0 Å². The molecule has 0 aromatic heterocycles. The van der Waals surface area contributed by atoms with E-state index in [1.165, 1.54) is 7.05 Å². The molecule has 1 aromatic rings. The fourth-order valence-electron chi connectivity index (χ4n) is 2.04. The molecule has 1 aliphatic rings. The van der Waals surface area contributed by atoms with E-state index in [1.54, 1.807) is 19.2 Å². The van der Waals surface area contributed by atoms with E-state index in [-0.39, 0.29) is 24.0 Å². The minimum Gasteiger partial charge on any atom is -0.380 e. The van der Waals surface area contributed by atoms with Gasteiger partial charge in [-0.1, -0.05) is 0 Å². The molecule has 0 saturated carbocycles. The van der Waals surface area contributed by atoms with Crippen molar-refractivity contribution >= 4 is 17.5 Å². The lowest BCUT2D eigenvalue weighted by Gasteiger charge is -2.21. The Morgan fingerprint density at radius 3 is 2.42 bits per heavy atom. The maximum absolute atomic E-state index is 11.9. The summed E-state index contributed by atoms with van der Waals surface area (Å²) in [7, 11) is 3.15. The summed E-state index contributed by atoms with van der Waals surface area (Å²) in [4.78, 5) is 24.8. The van der Waals surface area contributed by atoms with E-state index in [4.69, 9.17) is 4.74 Å². The Kier molecular flexibility index (Phi) is 3.57. The summed E-state index contributed by atoms with van der Waals surface area (Å²) in [6, 6.07) is 5.32. The van der Waals surface area contributed by atoms with Crippen LogP contribution in [0.1, 0.15) is 34.6 Å². The number of anilines is 1. The van der Waals surface area contributed by atoms with Gasteiger partial charge in [0.25, 0.3) is 11.8 Å². The van der Waals surface area contributed by atoms with Crippen molar-refractivity contribution < 1.29 is 14.3 Å². The second-order valence-electron chi connectivity index (χ2n) is 4.80. The number of imide groups is 1. The zero-order chi connectivity index (χ0) is 14.2. The molecule has 1 aliphatic heterocycles. The van der Waals surface area contributed by atoms with Gasteiger partial charge in [0.1, 0.15) is 0 Å². The van der Waals surface area contributed by atoms with Gasteiger partial charge < -0.3 is 10.1 Å². The van der Waals surface area contributed by atoms with Crippen molar-refractivity contribution in [1.29, 1.82) is 0 Å². The summed E-state index contributed by atoms with van der Waals surface area (Å²) in [5, 5.41) is 3.27. The SMILES string of the molecule is COC(C)C(C)Nc1ccc2c(c1)C(=O)N(C)C2=O. The van der Waals surface area contributed by atoms with Crippen LogP contribution >= 0.6 is 0 Å². The van der Waals surface area contributed by atoms with Gasteiger partial charge in [0.05, 0.1) is 17.2 Å². The highest BCUT2D eigenvalue weighted by Crippen LogP contribution is 2.25. The molecule has 1 aromatic carbocycles. The van der Waals surface area contributed by atoms with Gasteiger partial charge in [0.15, 0.2) is 0 Å². The number of methoxy groups -OCH3 is 1. The number of hydrogen-bond acceptors (Lipinski definition) is 4. The molecule has 102 valence electrons. The molecule has 0 aliphatic carbocycles. The Morgan fingerprint density at radius 1 is 1.16 bits per heavy atom. The van der Waals surface area contributed by atoms with Crippen LogP contribution in [0.4, 0.5) is 5.69 Å². The molecule has 0 bridgehead atoms. The van der Waals surface area contributed by atoms with Crippen molar-refractivity contribution in [3.8, 4) is 0 Å². The van der Waals surface area contributed by atoms with E-state index in [0.717, 1.165) is 10.6 Å². The number of ether oxygens (including phenoxy) is 1. The quantitative estimate of drug-likeness (QED) is 0.840. The Balaban J connectivity index is 2.24. The van der Waals surface area contributed by atoms with E-state index in [0.29, 0.717) is 11.1 Å². The van der Waals surface area contributed by atoms with Crippen LogP contribution in [0.3, 0.4) is 0 Å². The topological polar surface area (TPSA) is 58.6 Å². The lowest BCUT2D eigenvalue weighted by atomic mass is 10.1. The lowest BCUT2D eigenvalue weighted by molar-refractivity contribution is 0.0693. The third-order valence-electron chi connectivity index (χ3n) is 3.56. The summed E-state index contributed by atoms with van der Waals surface area (Å²) in [5.41, 5.74) is 1.73. The predicted molar refractivity (Wildman–Crippen MR) is 72.4 cm³/mol. The minimum atomic E-state index is -0.254. The normalized spacial score (nSPS) is 17.4. The molecule has 0 fully saturated rings. The van der Waals surface area contributed by atoms with Crippen molar-refractivity contribution in [2.75, 3.05) is 19.5 Å². The molecule has 1 heterocycles. The van der Waals surface area contributed by atoms with Crippen LogP contribution in [0.2, 0.25) is 0 Å². The van der Waals surface area contributed by atoms with Crippen molar-refractivity contribution in [3.05, 3.63) is 29.3 Å². The van der Waals surface area contributed by atoms with Crippen LogP contribution in [0.5, 0.6) is 0 Å². The fourth-order valence-corrected chi connectivity index (χ4v) is 2.04. The van der Waals surface area contributed by atoms with Crippen molar-refractivity contribution in [2.45, 2.75) is 26.0 Å². The van der Waals surface area contributed by atoms with Crippen molar-refractivity contribution in [3.63, 3.8) is 0 Å². The molecule has 2 amide bonds. The number of amides is 2. The summed E-state index contributed by atoms with van der Waals surface area (Å²) in [6.07, 6.45) is 0.0493. The van der Waals surface area contributed by atoms with Gasteiger partial charge in [-0.15, -0.1) is 0 Å². The summed E-state index contributed by atoms with van der Waals surface area (Å²) in [5.74, 6) is -0.499. The second kappa shape index (κ2) is 5.01. The van der Waals surface area contributed by atoms with Crippen LogP contribution in [-0.2, 0) is 4.74 Å². The van der Waals surface area contributed by atoms with E-state index in [9.17, 15) is 9.59 Å².